The van der Waals surface area contributed by atoms with Gasteiger partial charge in [-0.1, -0.05) is 17.7 Å². The fourth-order valence-corrected chi connectivity index (χ4v) is 6.16. The van der Waals surface area contributed by atoms with Crippen LogP contribution in [-0.2, 0) is 16.0 Å². The number of hydrogen-bond acceptors (Lipinski definition) is 12. The summed E-state index contributed by atoms with van der Waals surface area (Å²) in [7, 11) is 0. The Labute approximate surface area is 281 Å². The summed E-state index contributed by atoms with van der Waals surface area (Å²) in [6, 6.07) is 6.24. The van der Waals surface area contributed by atoms with Crippen molar-refractivity contribution in [2.75, 3.05) is 44.8 Å². The number of anilines is 2. The molecule has 6 rings (SSSR count). The highest BCUT2D eigenvalue weighted by atomic mass is 35.5. The summed E-state index contributed by atoms with van der Waals surface area (Å²) < 4.78 is 50.2. The number of halogens is 3. The van der Waals surface area contributed by atoms with Gasteiger partial charge in [0.15, 0.2) is 0 Å². The molecule has 0 bridgehead atoms. The minimum Gasteiger partial charge on any atom is -0.487 e. The summed E-state index contributed by atoms with van der Waals surface area (Å²) in [6.45, 7) is 3.13. The summed E-state index contributed by atoms with van der Waals surface area (Å²) in [5, 5.41) is 19.6. The Morgan fingerprint density at radius 3 is 2.54 bits per heavy atom. The van der Waals surface area contributed by atoms with Crippen LogP contribution in [0.2, 0.25) is 5.02 Å². The van der Waals surface area contributed by atoms with Gasteiger partial charge in [0.05, 0.1) is 50.2 Å². The molecule has 1 aliphatic heterocycles. The molecule has 258 valence electrons. The van der Waals surface area contributed by atoms with Gasteiger partial charge in [0.25, 0.3) is 5.88 Å². The van der Waals surface area contributed by atoms with Gasteiger partial charge in [0.1, 0.15) is 23.9 Å². The normalized spacial score (nSPS) is 19.4. The molecule has 0 spiro atoms. The first kappa shape index (κ1) is 33.9. The first-order valence-electron chi connectivity index (χ1n) is 16.1. The van der Waals surface area contributed by atoms with Crippen LogP contribution in [0.3, 0.4) is 0 Å². The minimum absolute atomic E-state index is 0.118. The smallest absolute Gasteiger partial charge is 0.345 e. The Balaban J connectivity index is 1.11. The number of rotatable bonds is 15. The number of tetrazole rings is 1. The number of morpholine rings is 1. The van der Waals surface area contributed by atoms with Gasteiger partial charge in [0, 0.05) is 43.5 Å². The lowest BCUT2D eigenvalue weighted by Gasteiger charge is -2.38. The number of ether oxygens (including phenoxy) is 4. The van der Waals surface area contributed by atoms with E-state index in [4.69, 9.17) is 30.9 Å². The van der Waals surface area contributed by atoms with Crippen LogP contribution in [0.5, 0.6) is 11.6 Å². The van der Waals surface area contributed by atoms with E-state index in [9.17, 15) is 8.78 Å². The van der Waals surface area contributed by atoms with E-state index in [0.29, 0.717) is 40.9 Å². The highest BCUT2D eigenvalue weighted by Crippen LogP contribution is 2.35. The van der Waals surface area contributed by atoms with Crippen LogP contribution in [0, 0.1) is 0 Å². The number of aromatic nitrogens is 8. The molecular formula is C31H39ClF2N10O4. The summed E-state index contributed by atoms with van der Waals surface area (Å²) in [5.41, 5.74) is 2.18. The first-order valence-corrected chi connectivity index (χ1v) is 16.5. The van der Waals surface area contributed by atoms with E-state index < -0.39 is 6.61 Å². The zero-order valence-corrected chi connectivity index (χ0v) is 27.4. The molecule has 4 aromatic rings. The lowest BCUT2D eigenvalue weighted by molar-refractivity contribution is -0.130. The summed E-state index contributed by atoms with van der Waals surface area (Å²) >= 11 is 6.43. The maximum atomic E-state index is 12.4. The van der Waals surface area contributed by atoms with Gasteiger partial charge >= 0.3 is 6.61 Å². The quantitative estimate of drug-likeness (QED) is 0.168. The van der Waals surface area contributed by atoms with Crippen molar-refractivity contribution in [3.8, 4) is 22.8 Å². The zero-order valence-electron chi connectivity index (χ0n) is 26.6. The molecule has 1 aliphatic carbocycles. The number of alkyl halides is 2. The van der Waals surface area contributed by atoms with Gasteiger partial charge in [-0.25, -0.2) is 14.6 Å². The van der Waals surface area contributed by atoms with E-state index in [-0.39, 0.29) is 31.8 Å². The predicted octanol–water partition coefficient (Wildman–Crippen LogP) is 5.02. The van der Waals surface area contributed by atoms with Gasteiger partial charge in [-0.15, -0.1) is 10.2 Å². The van der Waals surface area contributed by atoms with Crippen molar-refractivity contribution in [3.63, 3.8) is 0 Å². The standard InChI is InChI=1S/C31H39ClF2N10O4/c1-21(18-43-20-37-40-41-43)48-28-15-22(3-8-26(28)32)23-16-35-31(36-17-23)38-27-19-44(39-29(27)46-11-2-12-47-30(33)34)25-6-4-24(5-7-25)42-9-13-45-14-10-42/h3,8,15-17,19-21,24-25,30H,2,4-7,9-14,18H2,1H3,(H,35,36,38)/t21-,24?,25?/m0/s1. The van der Waals surface area contributed by atoms with Crippen LogP contribution in [0.15, 0.2) is 43.1 Å². The van der Waals surface area contributed by atoms with Crippen LogP contribution in [-0.4, -0.2) is 103 Å². The molecule has 1 atom stereocenters. The average Bonchev–Trinajstić information content (AvgIpc) is 3.76. The van der Waals surface area contributed by atoms with Crippen LogP contribution < -0.4 is 14.8 Å². The number of nitrogens with one attached hydrogen (secondary N) is 1. The number of nitrogens with zero attached hydrogens (tertiary/aromatic N) is 9. The van der Waals surface area contributed by atoms with Crippen molar-refractivity contribution in [1.29, 1.82) is 0 Å². The second-order valence-corrected chi connectivity index (χ2v) is 12.2. The van der Waals surface area contributed by atoms with Gasteiger partial charge in [-0.2, -0.15) is 8.78 Å². The Bertz CT molecular complexity index is 1570. The van der Waals surface area contributed by atoms with E-state index in [0.717, 1.165) is 63.1 Å². The summed E-state index contributed by atoms with van der Waals surface area (Å²) in [6.07, 6.45) is 11.0. The second-order valence-electron chi connectivity index (χ2n) is 11.8. The maximum Gasteiger partial charge on any atom is 0.345 e. The molecule has 14 nitrogen and oxygen atoms in total. The Hall–Kier alpha value is -3.99. The van der Waals surface area contributed by atoms with Gasteiger partial charge < -0.3 is 24.3 Å². The van der Waals surface area contributed by atoms with Crippen LogP contribution in [0.4, 0.5) is 20.4 Å². The highest BCUT2D eigenvalue weighted by molar-refractivity contribution is 6.32. The maximum absolute atomic E-state index is 12.4. The Morgan fingerprint density at radius 2 is 1.81 bits per heavy atom. The van der Waals surface area contributed by atoms with Crippen molar-refractivity contribution in [3.05, 3.63) is 48.1 Å². The molecule has 2 aliphatic rings. The van der Waals surface area contributed by atoms with Crippen molar-refractivity contribution in [1.82, 2.24) is 44.9 Å². The third kappa shape index (κ3) is 9.12. The van der Waals surface area contributed by atoms with Crippen LogP contribution in [0.25, 0.3) is 11.1 Å². The van der Waals surface area contributed by atoms with Crippen molar-refractivity contribution in [2.24, 2.45) is 0 Å². The molecule has 48 heavy (non-hydrogen) atoms. The molecule has 1 saturated heterocycles. The van der Waals surface area contributed by atoms with Crippen LogP contribution in [0.1, 0.15) is 45.1 Å². The third-order valence-electron chi connectivity index (χ3n) is 8.40. The van der Waals surface area contributed by atoms with Crippen LogP contribution >= 0.6 is 11.6 Å². The topological polar surface area (TPSA) is 139 Å². The van der Waals surface area contributed by atoms with E-state index in [1.165, 1.54) is 6.33 Å². The molecule has 0 unspecified atom stereocenters. The number of hydrogen-bond donors (Lipinski definition) is 1. The molecule has 2 fully saturated rings. The molecule has 4 heterocycles. The van der Waals surface area contributed by atoms with E-state index in [1.807, 2.05) is 29.9 Å². The Kier molecular flexibility index (Phi) is 11.6. The first-order chi connectivity index (χ1) is 23.4. The molecule has 1 aromatic carbocycles. The van der Waals surface area contributed by atoms with Crippen molar-refractivity contribution in [2.45, 2.75) is 70.4 Å². The SMILES string of the molecule is C[C@@H](Cn1cnnn1)Oc1cc(-c2cnc(Nc3cn(C4CCC(N5CCOCC5)CC4)nc3OCCCOC(F)F)nc2)ccc1Cl. The summed E-state index contributed by atoms with van der Waals surface area (Å²) in [4.78, 5) is 11.6. The molecule has 17 heteroatoms. The number of benzene rings is 1. The monoisotopic (exact) mass is 688 g/mol. The van der Waals surface area contributed by atoms with Crippen molar-refractivity contribution >= 4 is 23.2 Å². The van der Waals surface area contributed by atoms with Crippen molar-refractivity contribution < 1.29 is 27.7 Å². The fourth-order valence-electron chi connectivity index (χ4n) is 6.00. The third-order valence-corrected chi connectivity index (χ3v) is 8.71. The minimum atomic E-state index is -2.81. The molecule has 1 N–H and O–H groups in total. The lowest BCUT2D eigenvalue weighted by atomic mass is 9.90. The fraction of sp³-hybridized carbons (Fsp3) is 0.548. The molecule has 3 aromatic heterocycles. The van der Waals surface area contributed by atoms with E-state index >= 15 is 0 Å². The molecule has 0 radical (unpaired) electrons. The van der Waals surface area contributed by atoms with Gasteiger partial charge in [-0.3, -0.25) is 9.58 Å². The van der Waals surface area contributed by atoms with Gasteiger partial charge in [0.2, 0.25) is 5.95 Å². The van der Waals surface area contributed by atoms with E-state index in [1.54, 1.807) is 23.1 Å². The predicted molar refractivity (Wildman–Crippen MR) is 172 cm³/mol. The largest absolute Gasteiger partial charge is 0.487 e. The van der Waals surface area contributed by atoms with E-state index in [2.05, 4.69) is 40.4 Å². The lowest BCUT2D eigenvalue weighted by Crippen LogP contribution is -2.45. The average molecular weight is 689 g/mol. The molecular weight excluding hydrogens is 650 g/mol. The highest BCUT2D eigenvalue weighted by Gasteiger charge is 2.29. The van der Waals surface area contributed by atoms with Gasteiger partial charge in [-0.05, 0) is 60.7 Å². The second kappa shape index (κ2) is 16.4. The zero-order chi connectivity index (χ0) is 33.3. The molecule has 1 saturated carbocycles. The molecule has 0 amide bonds. The summed E-state index contributed by atoms with van der Waals surface area (Å²) in [5.74, 6) is 1.22. The Morgan fingerprint density at radius 1 is 1.04 bits per heavy atom.